The maximum Gasteiger partial charge on any atom is 0.347 e. The Balaban J connectivity index is 1.61. The molecular formula is C32H34O8. The number of esters is 4. The predicted octanol–water partition coefficient (Wildman–Crippen LogP) is 6.01. The lowest BCUT2D eigenvalue weighted by molar-refractivity contribution is -0.157. The monoisotopic (exact) mass is 546 g/mol. The highest BCUT2D eigenvalue weighted by Gasteiger charge is 2.22. The summed E-state index contributed by atoms with van der Waals surface area (Å²) in [5.74, 6) is -2.39. The van der Waals surface area contributed by atoms with Crippen LogP contribution >= 0.6 is 0 Å². The van der Waals surface area contributed by atoms with Crippen molar-refractivity contribution in [1.29, 1.82) is 0 Å². The molecule has 0 radical (unpaired) electrons. The largest absolute Gasteiger partial charge is 0.460 e. The van der Waals surface area contributed by atoms with E-state index < -0.39 is 36.1 Å². The first-order chi connectivity index (χ1) is 18.9. The first kappa shape index (κ1) is 30.1. The molecule has 0 fully saturated rings. The third-order valence-corrected chi connectivity index (χ3v) is 5.73. The molecule has 2 atom stereocenters. The van der Waals surface area contributed by atoms with Gasteiger partial charge in [-0.3, -0.25) is 0 Å². The summed E-state index contributed by atoms with van der Waals surface area (Å²) in [5.41, 5.74) is 4.35. The fourth-order valence-electron chi connectivity index (χ4n) is 3.66. The van der Waals surface area contributed by atoms with Gasteiger partial charge in [-0.05, 0) is 88.1 Å². The Bertz CT molecular complexity index is 1220. The van der Waals surface area contributed by atoms with E-state index in [2.05, 4.69) is 0 Å². The number of ether oxygens (including phenoxy) is 4. The molecule has 0 bridgehead atoms. The van der Waals surface area contributed by atoms with Crippen LogP contribution in [0, 0.1) is 0 Å². The summed E-state index contributed by atoms with van der Waals surface area (Å²) < 4.78 is 20.6. The molecule has 0 amide bonds. The van der Waals surface area contributed by atoms with Gasteiger partial charge in [-0.2, -0.15) is 0 Å². The minimum absolute atomic E-state index is 0.292. The summed E-state index contributed by atoms with van der Waals surface area (Å²) in [6, 6.07) is 21.6. The maximum absolute atomic E-state index is 12.4. The van der Waals surface area contributed by atoms with Gasteiger partial charge in [0.25, 0.3) is 0 Å². The molecule has 2 unspecified atom stereocenters. The second kappa shape index (κ2) is 13.6. The Morgan fingerprint density at radius 3 is 0.925 bits per heavy atom. The molecule has 0 spiro atoms. The molecule has 40 heavy (non-hydrogen) atoms. The van der Waals surface area contributed by atoms with E-state index in [1.165, 1.54) is 13.8 Å². The molecule has 0 aromatic heterocycles. The van der Waals surface area contributed by atoms with E-state index in [0.29, 0.717) is 11.1 Å². The normalized spacial score (nSPS) is 12.4. The van der Waals surface area contributed by atoms with Crippen LogP contribution in [0.4, 0.5) is 0 Å². The molecule has 0 aliphatic rings. The summed E-state index contributed by atoms with van der Waals surface area (Å²) in [6.45, 7) is 9.86. The van der Waals surface area contributed by atoms with Gasteiger partial charge in [-0.15, -0.1) is 0 Å². The van der Waals surface area contributed by atoms with Crippen molar-refractivity contribution in [2.24, 2.45) is 0 Å². The molecule has 0 aliphatic carbocycles. The van der Waals surface area contributed by atoms with Gasteiger partial charge in [0.05, 0.1) is 23.3 Å². The number of hydrogen-bond acceptors (Lipinski definition) is 8. The summed E-state index contributed by atoms with van der Waals surface area (Å²) in [5, 5.41) is 0. The molecule has 3 rings (SSSR count). The molecule has 0 saturated carbocycles. The van der Waals surface area contributed by atoms with Gasteiger partial charge in [-0.25, -0.2) is 19.2 Å². The first-order valence-corrected chi connectivity index (χ1v) is 13.1. The fraction of sp³-hybridized carbons (Fsp3) is 0.312. The van der Waals surface area contributed by atoms with Gasteiger partial charge in [0.2, 0.25) is 0 Å². The van der Waals surface area contributed by atoms with Crippen LogP contribution in [0.3, 0.4) is 0 Å². The highest BCUT2D eigenvalue weighted by atomic mass is 16.6. The molecule has 210 valence electrons. The molecule has 0 aliphatic heterocycles. The van der Waals surface area contributed by atoms with E-state index in [1.807, 2.05) is 24.3 Å². The Hall–Kier alpha value is -4.46. The minimum atomic E-state index is -1.00. The van der Waals surface area contributed by atoms with Gasteiger partial charge in [0.1, 0.15) is 0 Å². The third kappa shape index (κ3) is 8.27. The van der Waals surface area contributed by atoms with E-state index in [1.54, 1.807) is 76.2 Å². The van der Waals surface area contributed by atoms with Crippen LogP contribution in [0.25, 0.3) is 22.3 Å². The van der Waals surface area contributed by atoms with E-state index in [9.17, 15) is 19.2 Å². The standard InChI is InChI=1S/C32H34O8/c1-19(2)37-29(33)21(5)39-31(35)27-15-11-25(12-16-27)23-7-9-24(10-8-23)26-13-17-28(18-14-26)32(36)40-22(6)30(34)38-20(3)4/h7-22H,1-6H3. The topological polar surface area (TPSA) is 105 Å². The van der Waals surface area contributed by atoms with E-state index in [-0.39, 0.29) is 12.2 Å². The van der Waals surface area contributed by atoms with Crippen molar-refractivity contribution in [2.75, 3.05) is 0 Å². The lowest BCUT2D eigenvalue weighted by Gasteiger charge is -2.15. The van der Waals surface area contributed by atoms with E-state index in [4.69, 9.17) is 18.9 Å². The van der Waals surface area contributed by atoms with E-state index in [0.717, 1.165) is 22.3 Å². The molecule has 8 heteroatoms. The van der Waals surface area contributed by atoms with Crippen LogP contribution in [-0.4, -0.2) is 48.3 Å². The second-order valence-corrected chi connectivity index (χ2v) is 9.80. The Morgan fingerprint density at radius 2 is 0.675 bits per heavy atom. The molecular weight excluding hydrogens is 512 g/mol. The quantitative estimate of drug-likeness (QED) is 0.225. The summed E-state index contributed by atoms with van der Waals surface area (Å²) in [6.07, 6.45) is -2.59. The summed E-state index contributed by atoms with van der Waals surface area (Å²) >= 11 is 0. The Kier molecular flexibility index (Phi) is 10.2. The van der Waals surface area contributed by atoms with Gasteiger partial charge < -0.3 is 18.9 Å². The maximum atomic E-state index is 12.4. The molecule has 0 heterocycles. The molecule has 3 aromatic carbocycles. The van der Waals surface area contributed by atoms with Crippen LogP contribution in [0.2, 0.25) is 0 Å². The van der Waals surface area contributed by atoms with Crippen LogP contribution in [0.15, 0.2) is 72.8 Å². The molecule has 3 aromatic rings. The van der Waals surface area contributed by atoms with Crippen molar-refractivity contribution in [3.05, 3.63) is 83.9 Å². The number of rotatable bonds is 10. The van der Waals surface area contributed by atoms with Crippen molar-refractivity contribution in [2.45, 2.75) is 66.0 Å². The zero-order valence-corrected chi connectivity index (χ0v) is 23.5. The Morgan fingerprint density at radius 1 is 0.425 bits per heavy atom. The van der Waals surface area contributed by atoms with Crippen LogP contribution in [0.5, 0.6) is 0 Å². The van der Waals surface area contributed by atoms with Crippen molar-refractivity contribution in [3.8, 4) is 22.3 Å². The van der Waals surface area contributed by atoms with Crippen LogP contribution in [-0.2, 0) is 28.5 Å². The Labute approximate surface area is 234 Å². The third-order valence-electron chi connectivity index (χ3n) is 5.73. The number of carbonyl (C=O) groups is 4. The van der Waals surface area contributed by atoms with Crippen molar-refractivity contribution in [1.82, 2.24) is 0 Å². The molecule has 0 saturated heterocycles. The second-order valence-electron chi connectivity index (χ2n) is 9.80. The summed E-state index contributed by atoms with van der Waals surface area (Å²) in [4.78, 5) is 48.6. The molecule has 0 N–H and O–H groups in total. The average Bonchev–Trinajstić information content (AvgIpc) is 2.92. The number of carbonyl (C=O) groups excluding carboxylic acids is 4. The SMILES string of the molecule is CC(C)OC(=O)C(C)OC(=O)c1ccc(-c2ccc(-c3ccc(C(=O)OC(C)C(=O)OC(C)C)cc3)cc2)cc1. The van der Waals surface area contributed by atoms with Gasteiger partial charge in [0.15, 0.2) is 12.2 Å². The van der Waals surface area contributed by atoms with Gasteiger partial charge >= 0.3 is 23.9 Å². The highest BCUT2D eigenvalue weighted by Crippen LogP contribution is 2.26. The van der Waals surface area contributed by atoms with Crippen molar-refractivity contribution < 1.29 is 38.1 Å². The zero-order valence-electron chi connectivity index (χ0n) is 23.5. The van der Waals surface area contributed by atoms with Crippen LogP contribution in [0.1, 0.15) is 62.3 Å². The van der Waals surface area contributed by atoms with Crippen LogP contribution < -0.4 is 0 Å². The van der Waals surface area contributed by atoms with Gasteiger partial charge in [-0.1, -0.05) is 48.5 Å². The van der Waals surface area contributed by atoms with Crippen molar-refractivity contribution in [3.63, 3.8) is 0 Å². The average molecular weight is 547 g/mol. The first-order valence-electron chi connectivity index (χ1n) is 13.1. The molecule has 8 nitrogen and oxygen atoms in total. The fourth-order valence-corrected chi connectivity index (χ4v) is 3.66. The number of hydrogen-bond donors (Lipinski definition) is 0. The van der Waals surface area contributed by atoms with Crippen molar-refractivity contribution >= 4 is 23.9 Å². The van der Waals surface area contributed by atoms with Gasteiger partial charge in [0, 0.05) is 0 Å². The van der Waals surface area contributed by atoms with E-state index >= 15 is 0 Å². The smallest absolute Gasteiger partial charge is 0.347 e. The summed E-state index contributed by atoms with van der Waals surface area (Å²) in [7, 11) is 0. The predicted molar refractivity (Wildman–Crippen MR) is 150 cm³/mol. The minimum Gasteiger partial charge on any atom is -0.460 e. The zero-order chi connectivity index (χ0) is 29.4. The lowest BCUT2D eigenvalue weighted by atomic mass is 9.99. The highest BCUT2D eigenvalue weighted by molar-refractivity contribution is 5.93. The lowest BCUT2D eigenvalue weighted by Crippen LogP contribution is -2.28. The number of benzene rings is 3.